The average Bonchev–Trinajstić information content (AvgIpc) is 2.65. The van der Waals surface area contributed by atoms with Crippen LogP contribution in [0.1, 0.15) is 10.4 Å². The summed E-state index contributed by atoms with van der Waals surface area (Å²) in [6.07, 6.45) is 0. The van der Waals surface area contributed by atoms with Gasteiger partial charge in [0.1, 0.15) is 11.6 Å². The molecule has 2 aromatic carbocycles. The van der Waals surface area contributed by atoms with Gasteiger partial charge in [0.25, 0.3) is 5.91 Å². The first-order chi connectivity index (χ1) is 12.8. The number of anilines is 1. The lowest BCUT2D eigenvalue weighted by atomic mass is 10.2. The molecule has 0 aromatic heterocycles. The zero-order chi connectivity index (χ0) is 19.6. The molecule has 1 aliphatic heterocycles. The van der Waals surface area contributed by atoms with Crippen molar-refractivity contribution in [3.05, 3.63) is 59.7 Å². The van der Waals surface area contributed by atoms with Crippen LogP contribution in [0.5, 0.6) is 0 Å². The number of sulfonamides is 1. The maximum Gasteiger partial charge on any atom is 0.255 e. The van der Waals surface area contributed by atoms with Crippen LogP contribution in [0.25, 0.3) is 0 Å². The van der Waals surface area contributed by atoms with Gasteiger partial charge < -0.3 is 10.6 Å². The molecule has 2 N–H and O–H groups in total. The van der Waals surface area contributed by atoms with Gasteiger partial charge in [-0.15, -0.1) is 0 Å². The summed E-state index contributed by atoms with van der Waals surface area (Å²) in [7, 11) is -3.98. The summed E-state index contributed by atoms with van der Waals surface area (Å²) in [6, 6.07) is 7.71. The van der Waals surface area contributed by atoms with Gasteiger partial charge in [-0.1, -0.05) is 6.07 Å². The molecule has 1 saturated heterocycles. The molecule has 142 valence electrons. The van der Waals surface area contributed by atoms with E-state index in [2.05, 4.69) is 10.6 Å². The molecule has 1 aliphatic rings. The fraction of sp³-hybridized carbons (Fsp3) is 0.176. The van der Waals surface area contributed by atoms with Crippen LogP contribution in [0.4, 0.5) is 14.5 Å². The van der Waals surface area contributed by atoms with Crippen LogP contribution in [0.3, 0.4) is 0 Å². The van der Waals surface area contributed by atoms with Gasteiger partial charge >= 0.3 is 0 Å². The number of halogens is 2. The molecule has 0 bridgehead atoms. The third-order valence-electron chi connectivity index (χ3n) is 3.91. The van der Waals surface area contributed by atoms with E-state index in [1.807, 2.05) is 0 Å². The van der Waals surface area contributed by atoms with Crippen molar-refractivity contribution in [1.29, 1.82) is 0 Å². The van der Waals surface area contributed by atoms with Gasteiger partial charge in [-0.3, -0.25) is 9.59 Å². The Kier molecular flexibility index (Phi) is 5.19. The average molecular weight is 395 g/mol. The van der Waals surface area contributed by atoms with Crippen LogP contribution >= 0.6 is 0 Å². The first-order valence-electron chi connectivity index (χ1n) is 7.91. The molecule has 0 radical (unpaired) electrons. The summed E-state index contributed by atoms with van der Waals surface area (Å²) < 4.78 is 53.2. The summed E-state index contributed by atoms with van der Waals surface area (Å²) in [5.74, 6) is -2.77. The molecule has 7 nitrogen and oxygen atoms in total. The van der Waals surface area contributed by atoms with E-state index in [4.69, 9.17) is 0 Å². The molecule has 0 atom stereocenters. The van der Waals surface area contributed by atoms with Crippen LogP contribution in [-0.4, -0.2) is 44.2 Å². The molecular weight excluding hydrogens is 380 g/mol. The van der Waals surface area contributed by atoms with E-state index in [9.17, 15) is 26.8 Å². The van der Waals surface area contributed by atoms with E-state index in [1.54, 1.807) is 0 Å². The molecule has 0 unspecified atom stereocenters. The first-order valence-corrected chi connectivity index (χ1v) is 9.35. The lowest BCUT2D eigenvalue weighted by Crippen LogP contribution is -2.49. The number of hydrogen-bond donors (Lipinski definition) is 2. The standard InChI is InChI=1S/C17H15F2N3O4S/c18-12-4-5-14(19)15(9-12)21-17(24)11-2-1-3-13(8-11)27(25,26)22-7-6-20-16(23)10-22/h1-5,8-9H,6-7,10H2,(H,20,23)(H,21,24). The Morgan fingerprint density at radius 1 is 1.15 bits per heavy atom. The van der Waals surface area contributed by atoms with Crippen LogP contribution in [-0.2, 0) is 14.8 Å². The van der Waals surface area contributed by atoms with Crippen LogP contribution in [0, 0.1) is 11.6 Å². The molecular formula is C17H15F2N3O4S. The molecule has 1 heterocycles. The lowest BCUT2D eigenvalue weighted by molar-refractivity contribution is -0.122. The van der Waals surface area contributed by atoms with Gasteiger partial charge in [-0.2, -0.15) is 4.31 Å². The van der Waals surface area contributed by atoms with E-state index in [0.717, 1.165) is 28.6 Å². The second-order valence-electron chi connectivity index (χ2n) is 5.79. The van der Waals surface area contributed by atoms with E-state index in [1.165, 1.54) is 18.2 Å². The number of rotatable bonds is 4. The quantitative estimate of drug-likeness (QED) is 0.817. The number of benzene rings is 2. The summed E-state index contributed by atoms with van der Waals surface area (Å²) >= 11 is 0. The zero-order valence-corrected chi connectivity index (χ0v) is 14.7. The normalized spacial score (nSPS) is 15.3. The maximum absolute atomic E-state index is 13.7. The number of amides is 2. The highest BCUT2D eigenvalue weighted by Crippen LogP contribution is 2.20. The smallest absolute Gasteiger partial charge is 0.255 e. The minimum atomic E-state index is -3.98. The molecule has 1 fully saturated rings. The highest BCUT2D eigenvalue weighted by Gasteiger charge is 2.29. The number of nitrogens with one attached hydrogen (secondary N) is 2. The highest BCUT2D eigenvalue weighted by molar-refractivity contribution is 7.89. The van der Waals surface area contributed by atoms with Crippen molar-refractivity contribution < 1.29 is 26.8 Å². The van der Waals surface area contributed by atoms with Gasteiger partial charge in [0.05, 0.1) is 17.1 Å². The van der Waals surface area contributed by atoms with Gasteiger partial charge in [-0.25, -0.2) is 17.2 Å². The number of piperazine rings is 1. The van der Waals surface area contributed by atoms with Crippen molar-refractivity contribution in [3.8, 4) is 0 Å². The summed E-state index contributed by atoms with van der Waals surface area (Å²) in [5, 5.41) is 4.73. The predicted octanol–water partition coefficient (Wildman–Crippen LogP) is 1.34. The second kappa shape index (κ2) is 7.41. The Morgan fingerprint density at radius 2 is 1.93 bits per heavy atom. The molecule has 10 heteroatoms. The van der Waals surface area contributed by atoms with E-state index in [-0.39, 0.29) is 35.8 Å². The van der Waals surface area contributed by atoms with Gasteiger partial charge in [0.2, 0.25) is 15.9 Å². The molecule has 3 rings (SSSR count). The Hall–Kier alpha value is -2.85. The van der Waals surface area contributed by atoms with Crippen molar-refractivity contribution in [1.82, 2.24) is 9.62 Å². The molecule has 0 spiro atoms. The third kappa shape index (κ3) is 4.12. The SMILES string of the molecule is O=C1CN(S(=O)(=O)c2cccc(C(=O)Nc3cc(F)ccc3F)c2)CCN1. The van der Waals surface area contributed by atoms with E-state index < -0.39 is 33.5 Å². The van der Waals surface area contributed by atoms with Crippen molar-refractivity contribution in [2.45, 2.75) is 4.90 Å². The van der Waals surface area contributed by atoms with Crippen LogP contribution in [0.2, 0.25) is 0 Å². The number of carbonyl (C=O) groups excluding carboxylic acids is 2. The van der Waals surface area contributed by atoms with Crippen molar-refractivity contribution >= 4 is 27.5 Å². The topological polar surface area (TPSA) is 95.6 Å². The number of hydrogen-bond acceptors (Lipinski definition) is 4. The molecule has 0 aliphatic carbocycles. The Bertz CT molecular complexity index is 1010. The van der Waals surface area contributed by atoms with Crippen LogP contribution < -0.4 is 10.6 Å². The molecule has 2 amide bonds. The van der Waals surface area contributed by atoms with Crippen molar-refractivity contribution in [2.24, 2.45) is 0 Å². The molecule has 0 saturated carbocycles. The monoisotopic (exact) mass is 395 g/mol. The first kappa shape index (κ1) is 18.9. The molecule has 27 heavy (non-hydrogen) atoms. The fourth-order valence-electron chi connectivity index (χ4n) is 2.55. The number of carbonyl (C=O) groups is 2. The third-order valence-corrected chi connectivity index (χ3v) is 5.76. The Labute approximate surface area is 154 Å². The predicted molar refractivity (Wildman–Crippen MR) is 92.5 cm³/mol. The summed E-state index contributed by atoms with van der Waals surface area (Å²) in [4.78, 5) is 23.6. The van der Waals surface area contributed by atoms with E-state index in [0.29, 0.717) is 0 Å². The fourth-order valence-corrected chi connectivity index (χ4v) is 4.00. The summed E-state index contributed by atoms with van der Waals surface area (Å²) in [5.41, 5.74) is -0.415. The highest BCUT2D eigenvalue weighted by atomic mass is 32.2. The zero-order valence-electron chi connectivity index (χ0n) is 13.9. The van der Waals surface area contributed by atoms with Crippen molar-refractivity contribution in [2.75, 3.05) is 25.0 Å². The second-order valence-corrected chi connectivity index (χ2v) is 7.73. The van der Waals surface area contributed by atoms with Crippen molar-refractivity contribution in [3.63, 3.8) is 0 Å². The van der Waals surface area contributed by atoms with Gasteiger partial charge in [0.15, 0.2) is 0 Å². The van der Waals surface area contributed by atoms with Gasteiger partial charge in [0, 0.05) is 24.7 Å². The maximum atomic E-state index is 13.7. The largest absolute Gasteiger partial charge is 0.354 e. The lowest BCUT2D eigenvalue weighted by Gasteiger charge is -2.26. The number of nitrogens with zero attached hydrogens (tertiary/aromatic N) is 1. The van der Waals surface area contributed by atoms with E-state index >= 15 is 0 Å². The Morgan fingerprint density at radius 3 is 2.67 bits per heavy atom. The van der Waals surface area contributed by atoms with Crippen LogP contribution in [0.15, 0.2) is 47.4 Å². The molecule has 2 aromatic rings. The van der Waals surface area contributed by atoms with Gasteiger partial charge in [-0.05, 0) is 30.3 Å². The minimum absolute atomic E-state index is 0.0544. The minimum Gasteiger partial charge on any atom is -0.354 e. The Balaban J connectivity index is 1.85. The summed E-state index contributed by atoms with van der Waals surface area (Å²) in [6.45, 7) is -0.0106.